The average molecular weight is 442 g/mol. The number of hydrogen-bond acceptors (Lipinski definition) is 7. The Hall–Kier alpha value is -3.33. The molecule has 0 spiro atoms. The molecule has 2 aromatic rings. The molecule has 1 saturated heterocycles. The molecule has 0 radical (unpaired) electrons. The van der Waals surface area contributed by atoms with Crippen molar-refractivity contribution in [2.45, 2.75) is 26.7 Å². The van der Waals surface area contributed by atoms with Crippen LogP contribution in [0.5, 0.6) is 17.2 Å². The maximum atomic E-state index is 12.5. The second kappa shape index (κ2) is 9.65. The highest BCUT2D eigenvalue weighted by Gasteiger charge is 2.34. The lowest BCUT2D eigenvalue weighted by molar-refractivity contribution is -0.385. The van der Waals surface area contributed by atoms with Gasteiger partial charge in [0.05, 0.1) is 16.9 Å². The summed E-state index contributed by atoms with van der Waals surface area (Å²) in [7, 11) is 1.45. The third kappa shape index (κ3) is 5.05. The Labute approximate surface area is 184 Å². The molecule has 0 atom stereocenters. The van der Waals surface area contributed by atoms with Gasteiger partial charge in [0, 0.05) is 12.6 Å². The van der Waals surface area contributed by atoms with E-state index in [1.54, 1.807) is 37.3 Å². The van der Waals surface area contributed by atoms with Crippen LogP contribution in [0.2, 0.25) is 0 Å². The molecule has 9 heteroatoms. The summed E-state index contributed by atoms with van der Waals surface area (Å²) in [5, 5.41) is 11.1. The standard InChI is InChI=1S/C22H22N2O6S/c1-4-5-10-23-21(25)20(31-22(23)26)13-15-7-9-18(19(12-15)29-3)30-17-8-6-14(2)11-16(17)24(27)28/h6-9,11-13H,4-5,10H2,1-3H3/b20-13-. The average Bonchev–Trinajstić information content (AvgIpc) is 3.01. The van der Waals surface area contributed by atoms with E-state index in [-0.39, 0.29) is 22.6 Å². The van der Waals surface area contributed by atoms with Gasteiger partial charge >= 0.3 is 5.69 Å². The number of carbonyl (C=O) groups is 2. The Kier molecular flexibility index (Phi) is 6.96. The van der Waals surface area contributed by atoms with Crippen molar-refractivity contribution >= 4 is 34.7 Å². The minimum Gasteiger partial charge on any atom is -0.493 e. The first-order valence-corrected chi connectivity index (χ1v) is 10.5. The number of hydrogen-bond donors (Lipinski definition) is 0. The number of methoxy groups -OCH3 is 1. The first kappa shape index (κ1) is 22.4. The van der Waals surface area contributed by atoms with Crippen molar-refractivity contribution in [1.29, 1.82) is 0 Å². The van der Waals surface area contributed by atoms with Crippen LogP contribution in [-0.4, -0.2) is 34.6 Å². The zero-order valence-electron chi connectivity index (χ0n) is 17.4. The second-order valence-electron chi connectivity index (χ2n) is 6.93. The lowest BCUT2D eigenvalue weighted by atomic mass is 10.1. The van der Waals surface area contributed by atoms with Crippen LogP contribution in [0, 0.1) is 17.0 Å². The summed E-state index contributed by atoms with van der Waals surface area (Å²) in [5.74, 6) is 0.424. The first-order valence-electron chi connectivity index (χ1n) is 9.70. The van der Waals surface area contributed by atoms with Gasteiger partial charge in [-0.1, -0.05) is 25.5 Å². The Balaban J connectivity index is 1.86. The topological polar surface area (TPSA) is 99.0 Å². The summed E-state index contributed by atoms with van der Waals surface area (Å²) in [6, 6.07) is 9.64. The number of unbranched alkanes of at least 4 members (excludes halogenated alkanes) is 1. The molecular weight excluding hydrogens is 420 g/mol. The highest BCUT2D eigenvalue weighted by Crippen LogP contribution is 2.38. The van der Waals surface area contributed by atoms with E-state index >= 15 is 0 Å². The normalized spacial score (nSPS) is 14.9. The summed E-state index contributed by atoms with van der Waals surface area (Å²) in [6.07, 6.45) is 3.27. The van der Waals surface area contributed by atoms with Gasteiger partial charge in [-0.15, -0.1) is 0 Å². The number of nitrogens with zero attached hydrogens (tertiary/aromatic N) is 2. The number of ether oxygens (including phenoxy) is 2. The van der Waals surface area contributed by atoms with Crippen LogP contribution in [0.1, 0.15) is 30.9 Å². The third-order valence-electron chi connectivity index (χ3n) is 4.63. The van der Waals surface area contributed by atoms with E-state index in [9.17, 15) is 19.7 Å². The first-order chi connectivity index (χ1) is 14.8. The van der Waals surface area contributed by atoms with Gasteiger partial charge in [-0.3, -0.25) is 24.6 Å². The van der Waals surface area contributed by atoms with Gasteiger partial charge < -0.3 is 9.47 Å². The monoisotopic (exact) mass is 442 g/mol. The van der Waals surface area contributed by atoms with E-state index in [4.69, 9.17) is 9.47 Å². The van der Waals surface area contributed by atoms with Crippen LogP contribution < -0.4 is 9.47 Å². The van der Waals surface area contributed by atoms with Crippen LogP contribution in [-0.2, 0) is 4.79 Å². The number of imide groups is 1. The molecule has 3 rings (SSSR count). The second-order valence-corrected chi connectivity index (χ2v) is 7.92. The minimum absolute atomic E-state index is 0.0960. The Morgan fingerprint density at radius 3 is 2.55 bits per heavy atom. The van der Waals surface area contributed by atoms with Gasteiger partial charge in [0.15, 0.2) is 11.5 Å². The minimum atomic E-state index is -0.502. The number of amides is 2. The van der Waals surface area contributed by atoms with Gasteiger partial charge in [0.2, 0.25) is 5.75 Å². The molecule has 0 N–H and O–H groups in total. The molecule has 1 heterocycles. The summed E-state index contributed by atoms with van der Waals surface area (Å²) < 4.78 is 11.1. The zero-order valence-corrected chi connectivity index (χ0v) is 18.2. The lowest BCUT2D eigenvalue weighted by Gasteiger charge is -2.12. The molecule has 0 aliphatic carbocycles. The quantitative estimate of drug-likeness (QED) is 0.301. The summed E-state index contributed by atoms with van der Waals surface area (Å²) in [6.45, 7) is 4.16. The molecule has 1 fully saturated rings. The molecule has 2 aromatic carbocycles. The molecule has 0 saturated carbocycles. The van der Waals surface area contributed by atoms with E-state index in [1.807, 2.05) is 6.92 Å². The number of rotatable bonds is 8. The summed E-state index contributed by atoms with van der Waals surface area (Å²) in [4.78, 5) is 37.1. The fourth-order valence-electron chi connectivity index (χ4n) is 2.99. The Morgan fingerprint density at radius 2 is 1.87 bits per heavy atom. The molecule has 0 aromatic heterocycles. The van der Waals surface area contributed by atoms with Gasteiger partial charge in [0.25, 0.3) is 11.1 Å². The summed E-state index contributed by atoms with van der Waals surface area (Å²) in [5.41, 5.74) is 1.24. The molecule has 0 unspecified atom stereocenters. The molecular formula is C22H22N2O6S. The SMILES string of the molecule is CCCCN1C(=O)S/C(=C\c2ccc(Oc3ccc(C)cc3[N+](=O)[O-])c(OC)c2)C1=O. The highest BCUT2D eigenvalue weighted by atomic mass is 32.2. The van der Waals surface area contributed by atoms with Crippen LogP contribution in [0.15, 0.2) is 41.3 Å². The smallest absolute Gasteiger partial charge is 0.311 e. The molecule has 1 aliphatic rings. The zero-order chi connectivity index (χ0) is 22.5. The molecule has 31 heavy (non-hydrogen) atoms. The van der Waals surface area contributed by atoms with Crippen LogP contribution in [0.3, 0.4) is 0 Å². The van der Waals surface area contributed by atoms with Gasteiger partial charge in [0.1, 0.15) is 0 Å². The van der Waals surface area contributed by atoms with Crippen molar-refractivity contribution in [3.05, 3.63) is 62.5 Å². The molecule has 8 nitrogen and oxygen atoms in total. The number of benzene rings is 2. The summed E-state index contributed by atoms with van der Waals surface area (Å²) >= 11 is 0.905. The van der Waals surface area contributed by atoms with E-state index < -0.39 is 4.92 Å². The van der Waals surface area contributed by atoms with Crippen molar-refractivity contribution in [1.82, 2.24) is 4.90 Å². The number of aryl methyl sites for hydroxylation is 1. The van der Waals surface area contributed by atoms with E-state index in [1.165, 1.54) is 24.1 Å². The maximum absolute atomic E-state index is 12.5. The van der Waals surface area contributed by atoms with E-state index in [2.05, 4.69) is 0 Å². The van der Waals surface area contributed by atoms with Crippen molar-refractivity contribution in [2.75, 3.05) is 13.7 Å². The van der Waals surface area contributed by atoms with Gasteiger partial charge in [-0.05, 0) is 60.5 Å². The fourth-order valence-corrected chi connectivity index (χ4v) is 3.86. The van der Waals surface area contributed by atoms with Crippen LogP contribution in [0.25, 0.3) is 6.08 Å². The highest BCUT2D eigenvalue weighted by molar-refractivity contribution is 8.18. The fraction of sp³-hybridized carbons (Fsp3) is 0.273. The lowest BCUT2D eigenvalue weighted by Crippen LogP contribution is -2.29. The van der Waals surface area contributed by atoms with Crippen molar-refractivity contribution in [2.24, 2.45) is 0 Å². The Morgan fingerprint density at radius 1 is 1.13 bits per heavy atom. The molecule has 1 aliphatic heterocycles. The van der Waals surface area contributed by atoms with Gasteiger partial charge in [-0.25, -0.2) is 0 Å². The molecule has 0 bridgehead atoms. The van der Waals surface area contributed by atoms with E-state index in [0.717, 1.165) is 30.2 Å². The molecule has 162 valence electrons. The number of nitro benzene ring substituents is 1. The van der Waals surface area contributed by atoms with Crippen LogP contribution in [0.4, 0.5) is 10.5 Å². The maximum Gasteiger partial charge on any atom is 0.311 e. The molecule has 2 amide bonds. The van der Waals surface area contributed by atoms with Crippen molar-refractivity contribution in [3.63, 3.8) is 0 Å². The Bertz CT molecular complexity index is 1070. The predicted molar refractivity (Wildman–Crippen MR) is 118 cm³/mol. The number of carbonyl (C=O) groups excluding carboxylic acids is 2. The van der Waals surface area contributed by atoms with E-state index in [0.29, 0.717) is 28.5 Å². The predicted octanol–water partition coefficient (Wildman–Crippen LogP) is 5.54. The number of nitro groups is 1. The van der Waals surface area contributed by atoms with Crippen molar-refractivity contribution < 1.29 is 24.0 Å². The third-order valence-corrected chi connectivity index (χ3v) is 5.53. The largest absolute Gasteiger partial charge is 0.493 e. The number of thioether (sulfide) groups is 1. The van der Waals surface area contributed by atoms with Gasteiger partial charge in [-0.2, -0.15) is 0 Å². The van der Waals surface area contributed by atoms with Crippen LogP contribution >= 0.6 is 11.8 Å². The van der Waals surface area contributed by atoms with Crippen molar-refractivity contribution in [3.8, 4) is 17.2 Å².